The van der Waals surface area contributed by atoms with Gasteiger partial charge < -0.3 is 11.1 Å². The maximum absolute atomic E-state index is 12.1. The van der Waals surface area contributed by atoms with Crippen LogP contribution in [0.2, 0.25) is 0 Å². The van der Waals surface area contributed by atoms with Crippen LogP contribution in [0.4, 0.5) is 5.69 Å². The highest BCUT2D eigenvalue weighted by Gasteiger charge is 2.12. The molecule has 0 spiro atoms. The predicted octanol–water partition coefficient (Wildman–Crippen LogP) is 2.88. The van der Waals surface area contributed by atoms with Gasteiger partial charge in [0.05, 0.1) is 12.1 Å². The number of carbonyl (C=O) groups excluding carboxylic acids is 1. The summed E-state index contributed by atoms with van der Waals surface area (Å²) in [6, 6.07) is 9.57. The second kappa shape index (κ2) is 5.23. The van der Waals surface area contributed by atoms with Crippen LogP contribution in [0.25, 0.3) is 0 Å². The standard InChI is InChI=1S/C14H16N2OS/c1-9-4-3-5-12(15)13(9)14(17)16-8-11-7-6-10(2)18-11/h3-7H,8,15H2,1-2H3,(H,16,17). The van der Waals surface area contributed by atoms with E-state index in [1.165, 1.54) is 4.88 Å². The number of benzene rings is 1. The van der Waals surface area contributed by atoms with Crippen LogP contribution in [0.3, 0.4) is 0 Å². The number of nitrogen functional groups attached to an aromatic ring is 1. The summed E-state index contributed by atoms with van der Waals surface area (Å²) >= 11 is 1.69. The maximum atomic E-state index is 12.1. The minimum Gasteiger partial charge on any atom is -0.398 e. The fraction of sp³-hybridized carbons (Fsp3) is 0.214. The van der Waals surface area contributed by atoms with E-state index < -0.39 is 0 Å². The summed E-state index contributed by atoms with van der Waals surface area (Å²) in [5.74, 6) is -0.114. The molecule has 0 aliphatic rings. The van der Waals surface area contributed by atoms with Crippen molar-refractivity contribution in [3.63, 3.8) is 0 Å². The molecule has 3 nitrogen and oxygen atoms in total. The smallest absolute Gasteiger partial charge is 0.253 e. The van der Waals surface area contributed by atoms with Gasteiger partial charge in [0.1, 0.15) is 0 Å². The minimum atomic E-state index is -0.114. The molecular formula is C14H16N2OS. The van der Waals surface area contributed by atoms with E-state index in [1.807, 2.05) is 31.2 Å². The average Bonchev–Trinajstić information content (AvgIpc) is 2.72. The number of nitrogens with one attached hydrogen (secondary N) is 1. The summed E-state index contributed by atoms with van der Waals surface area (Å²) in [6.45, 7) is 4.49. The van der Waals surface area contributed by atoms with E-state index in [9.17, 15) is 4.79 Å². The number of anilines is 1. The van der Waals surface area contributed by atoms with Crippen LogP contribution in [-0.2, 0) is 6.54 Å². The second-order valence-corrected chi connectivity index (χ2v) is 5.61. The summed E-state index contributed by atoms with van der Waals surface area (Å²) in [5, 5.41) is 2.90. The molecule has 1 aromatic carbocycles. The van der Waals surface area contributed by atoms with E-state index in [4.69, 9.17) is 5.73 Å². The average molecular weight is 260 g/mol. The molecule has 0 fully saturated rings. The number of aryl methyl sites for hydroxylation is 2. The van der Waals surface area contributed by atoms with Crippen molar-refractivity contribution in [1.82, 2.24) is 5.32 Å². The third kappa shape index (κ3) is 2.71. The minimum absolute atomic E-state index is 0.114. The molecule has 1 heterocycles. The molecule has 18 heavy (non-hydrogen) atoms. The lowest BCUT2D eigenvalue weighted by Gasteiger charge is -2.09. The molecule has 2 rings (SSSR count). The Kier molecular flexibility index (Phi) is 3.67. The topological polar surface area (TPSA) is 55.1 Å². The highest BCUT2D eigenvalue weighted by molar-refractivity contribution is 7.11. The molecule has 4 heteroatoms. The fourth-order valence-electron chi connectivity index (χ4n) is 1.84. The van der Waals surface area contributed by atoms with Crippen molar-refractivity contribution in [1.29, 1.82) is 0 Å². The lowest BCUT2D eigenvalue weighted by molar-refractivity contribution is 0.0951. The van der Waals surface area contributed by atoms with E-state index >= 15 is 0 Å². The lowest BCUT2D eigenvalue weighted by Crippen LogP contribution is -2.24. The van der Waals surface area contributed by atoms with Crippen molar-refractivity contribution in [2.75, 3.05) is 5.73 Å². The SMILES string of the molecule is Cc1ccc(CNC(=O)c2c(C)cccc2N)s1. The van der Waals surface area contributed by atoms with E-state index in [0.717, 1.165) is 10.4 Å². The van der Waals surface area contributed by atoms with Crippen LogP contribution in [0.1, 0.15) is 25.7 Å². The van der Waals surface area contributed by atoms with Crippen molar-refractivity contribution in [2.24, 2.45) is 0 Å². The molecule has 0 saturated heterocycles. The van der Waals surface area contributed by atoms with Crippen molar-refractivity contribution in [2.45, 2.75) is 20.4 Å². The molecule has 94 valence electrons. The monoisotopic (exact) mass is 260 g/mol. The first kappa shape index (κ1) is 12.6. The Labute approximate surface area is 111 Å². The number of carbonyl (C=O) groups is 1. The van der Waals surface area contributed by atoms with Crippen LogP contribution in [0.5, 0.6) is 0 Å². The number of hydrogen-bond donors (Lipinski definition) is 2. The second-order valence-electron chi connectivity index (χ2n) is 4.23. The summed E-state index contributed by atoms with van der Waals surface area (Å²) < 4.78 is 0. The van der Waals surface area contributed by atoms with Gasteiger partial charge in [-0.3, -0.25) is 4.79 Å². The normalized spacial score (nSPS) is 10.3. The maximum Gasteiger partial charge on any atom is 0.253 e. The third-order valence-corrected chi connectivity index (χ3v) is 3.75. The Hall–Kier alpha value is -1.81. The Balaban J connectivity index is 2.08. The molecular weight excluding hydrogens is 244 g/mol. The van der Waals surface area contributed by atoms with Gasteiger partial charge in [-0.05, 0) is 37.6 Å². The van der Waals surface area contributed by atoms with Crippen molar-refractivity contribution >= 4 is 22.9 Å². The number of thiophene rings is 1. The summed E-state index contributed by atoms with van der Waals surface area (Å²) in [4.78, 5) is 14.5. The molecule has 0 aliphatic heterocycles. The van der Waals surface area contributed by atoms with Crippen LogP contribution < -0.4 is 11.1 Å². The first-order chi connectivity index (χ1) is 8.58. The summed E-state index contributed by atoms with van der Waals surface area (Å²) in [7, 11) is 0. The van der Waals surface area contributed by atoms with Gasteiger partial charge in [-0.15, -0.1) is 11.3 Å². The molecule has 0 atom stereocenters. The molecule has 0 bridgehead atoms. The van der Waals surface area contributed by atoms with Gasteiger partial charge in [0.25, 0.3) is 5.91 Å². The Morgan fingerprint density at radius 3 is 2.67 bits per heavy atom. The van der Waals surface area contributed by atoms with Gasteiger partial charge in [-0.2, -0.15) is 0 Å². The first-order valence-corrected chi connectivity index (χ1v) is 6.58. The largest absolute Gasteiger partial charge is 0.398 e. The van der Waals surface area contributed by atoms with E-state index in [1.54, 1.807) is 17.4 Å². The van der Waals surface area contributed by atoms with Gasteiger partial charge in [0.2, 0.25) is 0 Å². The number of hydrogen-bond acceptors (Lipinski definition) is 3. The highest BCUT2D eigenvalue weighted by Crippen LogP contribution is 2.17. The van der Waals surface area contributed by atoms with E-state index in [0.29, 0.717) is 17.8 Å². The van der Waals surface area contributed by atoms with Gasteiger partial charge in [0, 0.05) is 15.4 Å². The number of amides is 1. The quantitative estimate of drug-likeness (QED) is 0.834. The number of rotatable bonds is 3. The van der Waals surface area contributed by atoms with Crippen LogP contribution >= 0.6 is 11.3 Å². The predicted molar refractivity (Wildman–Crippen MR) is 75.8 cm³/mol. The summed E-state index contributed by atoms with van der Waals surface area (Å²) in [6.07, 6.45) is 0. The van der Waals surface area contributed by atoms with Gasteiger partial charge in [0.15, 0.2) is 0 Å². The Bertz CT molecular complexity index is 555. The zero-order chi connectivity index (χ0) is 13.1. The fourth-order valence-corrected chi connectivity index (χ4v) is 2.67. The van der Waals surface area contributed by atoms with Crippen LogP contribution in [-0.4, -0.2) is 5.91 Å². The molecule has 2 aromatic rings. The molecule has 3 N–H and O–H groups in total. The molecule has 1 amide bonds. The van der Waals surface area contributed by atoms with Crippen molar-refractivity contribution < 1.29 is 4.79 Å². The first-order valence-electron chi connectivity index (χ1n) is 5.76. The van der Waals surface area contributed by atoms with Crippen LogP contribution in [0.15, 0.2) is 30.3 Å². The highest BCUT2D eigenvalue weighted by atomic mass is 32.1. The Morgan fingerprint density at radius 1 is 1.28 bits per heavy atom. The molecule has 1 aromatic heterocycles. The van der Waals surface area contributed by atoms with Crippen molar-refractivity contribution in [3.8, 4) is 0 Å². The molecule has 0 unspecified atom stereocenters. The lowest BCUT2D eigenvalue weighted by atomic mass is 10.1. The zero-order valence-corrected chi connectivity index (χ0v) is 11.3. The molecule has 0 saturated carbocycles. The third-order valence-electron chi connectivity index (χ3n) is 2.75. The van der Waals surface area contributed by atoms with Crippen LogP contribution in [0, 0.1) is 13.8 Å². The molecule has 0 aliphatic carbocycles. The number of nitrogens with two attached hydrogens (primary N) is 1. The Morgan fingerprint density at radius 2 is 2.06 bits per heavy atom. The summed E-state index contributed by atoms with van der Waals surface area (Å²) in [5.41, 5.74) is 7.83. The molecule has 0 radical (unpaired) electrons. The van der Waals surface area contributed by atoms with Gasteiger partial charge in [-0.1, -0.05) is 12.1 Å². The van der Waals surface area contributed by atoms with Crippen molar-refractivity contribution in [3.05, 3.63) is 51.2 Å². The van der Waals surface area contributed by atoms with E-state index in [-0.39, 0.29) is 5.91 Å². The van der Waals surface area contributed by atoms with E-state index in [2.05, 4.69) is 12.2 Å². The zero-order valence-electron chi connectivity index (χ0n) is 10.5. The van der Waals surface area contributed by atoms with Gasteiger partial charge in [-0.25, -0.2) is 0 Å². The van der Waals surface area contributed by atoms with Gasteiger partial charge >= 0.3 is 0 Å².